The van der Waals surface area contributed by atoms with Crippen LogP contribution in [-0.4, -0.2) is 10.9 Å². The molecule has 1 aromatic heterocycles. The monoisotopic (exact) mass is 232 g/mol. The van der Waals surface area contributed by atoms with Crippen LogP contribution in [0.2, 0.25) is 0 Å². The van der Waals surface area contributed by atoms with E-state index in [-0.39, 0.29) is 5.91 Å². The lowest BCUT2D eigenvalue weighted by Gasteiger charge is -2.03. The molecule has 0 fully saturated rings. The van der Waals surface area contributed by atoms with Gasteiger partial charge in [-0.25, -0.2) is 4.98 Å². The molecule has 0 bridgehead atoms. The number of hydrogen-bond acceptors (Lipinski definition) is 3. The minimum Gasteiger partial charge on any atom is -0.321 e. The fourth-order valence-corrected chi connectivity index (χ4v) is 2.05. The van der Waals surface area contributed by atoms with Crippen LogP contribution in [0.15, 0.2) is 30.5 Å². The molecule has 0 radical (unpaired) electrons. The van der Waals surface area contributed by atoms with Crippen LogP contribution in [0.25, 0.3) is 0 Å². The molecule has 2 aromatic rings. The number of hydrogen-bond donors (Lipinski definition) is 1. The largest absolute Gasteiger partial charge is 0.321 e. The highest BCUT2D eigenvalue weighted by Gasteiger charge is 2.08. The first-order valence-corrected chi connectivity index (χ1v) is 5.77. The minimum absolute atomic E-state index is 0.101. The smallest absolute Gasteiger partial charge is 0.267 e. The van der Waals surface area contributed by atoms with E-state index < -0.39 is 0 Å². The summed E-state index contributed by atoms with van der Waals surface area (Å²) in [6.07, 6.45) is 1.60. The van der Waals surface area contributed by atoms with Gasteiger partial charge in [-0.05, 0) is 31.5 Å². The van der Waals surface area contributed by atoms with Crippen molar-refractivity contribution < 1.29 is 4.79 Å². The van der Waals surface area contributed by atoms with Gasteiger partial charge < -0.3 is 5.32 Å². The third-order valence-corrected chi connectivity index (χ3v) is 3.03. The van der Waals surface area contributed by atoms with Crippen LogP contribution in [0.3, 0.4) is 0 Å². The van der Waals surface area contributed by atoms with E-state index in [1.807, 2.05) is 38.1 Å². The zero-order chi connectivity index (χ0) is 11.5. The number of thiazole rings is 1. The molecule has 0 atom stereocenters. The average molecular weight is 232 g/mol. The number of carbonyl (C=O) groups is 1. The normalized spacial score (nSPS) is 10.1. The summed E-state index contributed by atoms with van der Waals surface area (Å²) in [5.41, 5.74) is 1.94. The van der Waals surface area contributed by atoms with Gasteiger partial charge >= 0.3 is 0 Å². The lowest BCUT2D eigenvalue weighted by molar-refractivity contribution is 0.103. The molecule has 0 aliphatic carbocycles. The Hall–Kier alpha value is -1.68. The van der Waals surface area contributed by atoms with Crippen molar-refractivity contribution in [2.75, 3.05) is 5.32 Å². The van der Waals surface area contributed by atoms with Crippen LogP contribution >= 0.6 is 11.3 Å². The predicted octanol–water partition coefficient (Wildman–Crippen LogP) is 3.01. The third kappa shape index (κ3) is 2.46. The maximum Gasteiger partial charge on any atom is 0.267 e. The number of nitrogens with zero attached hydrogens (tertiary/aromatic N) is 1. The van der Waals surface area contributed by atoms with Gasteiger partial charge in [0.2, 0.25) is 0 Å². The van der Waals surface area contributed by atoms with Crippen LogP contribution < -0.4 is 5.32 Å². The highest BCUT2D eigenvalue weighted by Crippen LogP contribution is 2.15. The van der Waals surface area contributed by atoms with Crippen molar-refractivity contribution in [2.24, 2.45) is 0 Å². The molecule has 2 rings (SSSR count). The summed E-state index contributed by atoms with van der Waals surface area (Å²) in [6.45, 7) is 3.88. The van der Waals surface area contributed by atoms with Crippen LogP contribution in [0, 0.1) is 13.8 Å². The number of amides is 1. The molecule has 82 valence electrons. The fraction of sp³-hybridized carbons (Fsp3) is 0.167. The van der Waals surface area contributed by atoms with E-state index in [1.54, 1.807) is 6.20 Å². The van der Waals surface area contributed by atoms with Crippen molar-refractivity contribution in [1.29, 1.82) is 0 Å². The van der Waals surface area contributed by atoms with Crippen LogP contribution in [0.5, 0.6) is 0 Å². The summed E-state index contributed by atoms with van der Waals surface area (Å²) < 4.78 is 0. The zero-order valence-corrected chi connectivity index (χ0v) is 9.97. The van der Waals surface area contributed by atoms with E-state index in [2.05, 4.69) is 10.3 Å². The first-order valence-electron chi connectivity index (χ1n) is 4.95. The van der Waals surface area contributed by atoms with Crippen LogP contribution in [0.1, 0.15) is 20.2 Å². The Labute approximate surface area is 98.2 Å². The van der Waals surface area contributed by atoms with E-state index in [0.717, 1.165) is 16.3 Å². The quantitative estimate of drug-likeness (QED) is 0.864. The van der Waals surface area contributed by atoms with Crippen molar-refractivity contribution in [2.45, 2.75) is 13.8 Å². The van der Waals surface area contributed by atoms with Crippen molar-refractivity contribution in [1.82, 2.24) is 4.98 Å². The molecule has 0 spiro atoms. The van der Waals surface area contributed by atoms with Gasteiger partial charge in [0.25, 0.3) is 5.91 Å². The molecule has 16 heavy (non-hydrogen) atoms. The lowest BCUT2D eigenvalue weighted by atomic mass is 10.2. The Morgan fingerprint density at radius 1 is 1.38 bits per heavy atom. The molecular weight excluding hydrogens is 220 g/mol. The van der Waals surface area contributed by atoms with Crippen molar-refractivity contribution in [3.05, 3.63) is 45.9 Å². The van der Waals surface area contributed by atoms with Crippen LogP contribution in [0.4, 0.5) is 5.69 Å². The van der Waals surface area contributed by atoms with E-state index in [0.29, 0.717) is 4.88 Å². The zero-order valence-electron chi connectivity index (χ0n) is 9.15. The molecule has 0 saturated carbocycles. The van der Waals surface area contributed by atoms with Crippen molar-refractivity contribution in [3.8, 4) is 0 Å². The van der Waals surface area contributed by atoms with Gasteiger partial charge in [0.05, 0.1) is 11.2 Å². The van der Waals surface area contributed by atoms with Gasteiger partial charge in [0.1, 0.15) is 4.88 Å². The molecule has 1 N–H and O–H groups in total. The maximum absolute atomic E-state index is 11.8. The highest BCUT2D eigenvalue weighted by molar-refractivity contribution is 7.13. The van der Waals surface area contributed by atoms with Crippen LogP contribution in [-0.2, 0) is 0 Å². The molecule has 4 heteroatoms. The Bertz CT molecular complexity index is 519. The maximum atomic E-state index is 11.8. The Kier molecular flexibility index (Phi) is 3.01. The summed E-state index contributed by atoms with van der Waals surface area (Å²) in [5.74, 6) is -0.101. The van der Waals surface area contributed by atoms with E-state index in [1.165, 1.54) is 11.3 Å². The Morgan fingerprint density at radius 2 is 2.19 bits per heavy atom. The standard InChI is InChI=1S/C12H12N2OS/c1-8-4-3-5-10(6-8)14-12(15)11-7-13-9(2)16-11/h3-7H,1-2H3,(H,14,15). The predicted molar refractivity (Wildman–Crippen MR) is 66.0 cm³/mol. The first-order chi connectivity index (χ1) is 7.65. The van der Waals surface area contributed by atoms with Gasteiger partial charge in [-0.2, -0.15) is 0 Å². The van der Waals surface area contributed by atoms with Gasteiger partial charge in [0.15, 0.2) is 0 Å². The van der Waals surface area contributed by atoms with Gasteiger partial charge in [-0.15, -0.1) is 11.3 Å². The lowest BCUT2D eigenvalue weighted by Crippen LogP contribution is -2.10. The molecule has 0 aliphatic heterocycles. The molecule has 0 unspecified atom stereocenters. The summed E-state index contributed by atoms with van der Waals surface area (Å²) in [7, 11) is 0. The number of aryl methyl sites for hydroxylation is 2. The number of aromatic nitrogens is 1. The topological polar surface area (TPSA) is 42.0 Å². The number of carbonyl (C=O) groups excluding carboxylic acids is 1. The number of anilines is 1. The molecule has 0 aliphatic rings. The minimum atomic E-state index is -0.101. The van der Waals surface area contributed by atoms with Gasteiger partial charge in [0, 0.05) is 5.69 Å². The number of rotatable bonds is 2. The van der Waals surface area contributed by atoms with E-state index in [9.17, 15) is 4.79 Å². The Morgan fingerprint density at radius 3 is 2.81 bits per heavy atom. The molecule has 3 nitrogen and oxygen atoms in total. The molecule has 1 amide bonds. The Balaban J connectivity index is 2.13. The fourth-order valence-electron chi connectivity index (χ4n) is 1.38. The summed E-state index contributed by atoms with van der Waals surface area (Å²) in [6, 6.07) is 7.72. The highest BCUT2D eigenvalue weighted by atomic mass is 32.1. The van der Waals surface area contributed by atoms with Crippen molar-refractivity contribution >= 4 is 22.9 Å². The molecule has 1 heterocycles. The molecule has 1 aromatic carbocycles. The van der Waals surface area contributed by atoms with Gasteiger partial charge in [-0.3, -0.25) is 4.79 Å². The molecule has 0 saturated heterocycles. The van der Waals surface area contributed by atoms with Gasteiger partial charge in [-0.1, -0.05) is 12.1 Å². The average Bonchev–Trinajstić information content (AvgIpc) is 2.65. The summed E-state index contributed by atoms with van der Waals surface area (Å²) in [5, 5.41) is 3.74. The second-order valence-electron chi connectivity index (χ2n) is 3.57. The second-order valence-corrected chi connectivity index (χ2v) is 4.80. The van der Waals surface area contributed by atoms with E-state index in [4.69, 9.17) is 0 Å². The SMILES string of the molecule is Cc1cccc(NC(=O)c2cnc(C)s2)c1. The van der Waals surface area contributed by atoms with Crippen molar-refractivity contribution in [3.63, 3.8) is 0 Å². The first kappa shape index (κ1) is 10.8. The number of nitrogens with one attached hydrogen (secondary N) is 1. The third-order valence-electron chi connectivity index (χ3n) is 2.12. The molecular formula is C12H12N2OS. The second kappa shape index (κ2) is 4.45. The summed E-state index contributed by atoms with van der Waals surface area (Å²) in [4.78, 5) is 16.5. The van der Waals surface area contributed by atoms with E-state index >= 15 is 0 Å². The summed E-state index contributed by atoms with van der Waals surface area (Å²) >= 11 is 1.40. The number of benzene rings is 1.